The number of unbranched alkanes of at least 4 members (excludes halogenated alkanes) is 1. The van der Waals surface area contributed by atoms with Gasteiger partial charge in [-0.15, -0.1) is 24.0 Å². The van der Waals surface area contributed by atoms with Gasteiger partial charge in [0.1, 0.15) is 6.61 Å². The Morgan fingerprint density at radius 3 is 2.42 bits per heavy atom. The molecule has 1 fully saturated rings. The normalized spacial score (nSPS) is 15.4. The Kier molecular flexibility index (Phi) is 14.1. The zero-order valence-electron chi connectivity index (χ0n) is 18.0. The lowest BCUT2D eigenvalue weighted by atomic mass is 10.1. The Balaban J connectivity index is 0.00000480. The zero-order chi connectivity index (χ0) is 21.7. The summed E-state index contributed by atoms with van der Waals surface area (Å²) in [6, 6.07) is 7.27. The van der Waals surface area contributed by atoms with Crippen LogP contribution in [0.15, 0.2) is 29.3 Å². The third kappa shape index (κ3) is 13.1. The van der Waals surface area contributed by atoms with Gasteiger partial charge in [0.2, 0.25) is 0 Å². The molecule has 0 radical (unpaired) electrons. The van der Waals surface area contributed by atoms with Crippen molar-refractivity contribution < 1.29 is 22.6 Å². The molecule has 2 N–H and O–H groups in total. The number of aliphatic imine (C=N–C) groups is 1. The maximum Gasteiger partial charge on any atom is 0.411 e. The van der Waals surface area contributed by atoms with Gasteiger partial charge in [-0.3, -0.25) is 4.90 Å². The molecule has 0 aliphatic carbocycles. The van der Waals surface area contributed by atoms with Crippen LogP contribution in [0.1, 0.15) is 30.9 Å². The number of guanidine groups is 1. The number of rotatable bonds is 11. The van der Waals surface area contributed by atoms with Gasteiger partial charge in [0.15, 0.2) is 5.96 Å². The quantitative estimate of drug-likeness (QED) is 0.188. The number of alkyl halides is 3. The minimum absolute atomic E-state index is 0. The van der Waals surface area contributed by atoms with Gasteiger partial charge in [-0.05, 0) is 37.4 Å². The topological polar surface area (TPSA) is 58.1 Å². The molecule has 0 atom stereocenters. The number of nitrogens with zero attached hydrogens (tertiary/aromatic N) is 2. The first-order chi connectivity index (χ1) is 14.5. The van der Waals surface area contributed by atoms with E-state index in [4.69, 9.17) is 4.74 Å². The van der Waals surface area contributed by atoms with Crippen LogP contribution in [0.4, 0.5) is 13.2 Å². The van der Waals surface area contributed by atoms with Gasteiger partial charge in [0, 0.05) is 26.2 Å². The molecule has 0 unspecified atom stereocenters. The van der Waals surface area contributed by atoms with Crippen molar-refractivity contribution in [1.29, 1.82) is 0 Å². The SMILES string of the molecule is CCNC(=NCc1ccc(COCC(F)(F)F)cc1)NCCCCN1CCOCC1.I. The van der Waals surface area contributed by atoms with Crippen LogP contribution < -0.4 is 10.6 Å². The van der Waals surface area contributed by atoms with Crippen molar-refractivity contribution in [2.75, 3.05) is 52.5 Å². The lowest BCUT2D eigenvalue weighted by Crippen LogP contribution is -2.39. The van der Waals surface area contributed by atoms with Crippen LogP contribution in [0.25, 0.3) is 0 Å². The zero-order valence-corrected chi connectivity index (χ0v) is 20.4. The molecule has 1 heterocycles. The second-order valence-corrected chi connectivity index (χ2v) is 7.21. The Hall–Kier alpha value is -1.11. The summed E-state index contributed by atoms with van der Waals surface area (Å²) in [6.07, 6.45) is -2.11. The van der Waals surface area contributed by atoms with Crippen molar-refractivity contribution >= 4 is 29.9 Å². The number of benzene rings is 1. The highest BCUT2D eigenvalue weighted by Crippen LogP contribution is 2.16. The predicted molar refractivity (Wildman–Crippen MR) is 127 cm³/mol. The van der Waals surface area contributed by atoms with Gasteiger partial charge in [-0.1, -0.05) is 24.3 Å². The number of nitrogens with one attached hydrogen (secondary N) is 2. The summed E-state index contributed by atoms with van der Waals surface area (Å²) < 4.78 is 46.4. The Morgan fingerprint density at radius 2 is 1.77 bits per heavy atom. The van der Waals surface area contributed by atoms with E-state index in [9.17, 15) is 13.2 Å². The van der Waals surface area contributed by atoms with E-state index in [1.807, 2.05) is 19.1 Å². The molecule has 1 aliphatic rings. The number of morpholine rings is 1. The van der Waals surface area contributed by atoms with E-state index in [1.54, 1.807) is 12.1 Å². The lowest BCUT2D eigenvalue weighted by Gasteiger charge is -2.26. The van der Waals surface area contributed by atoms with Crippen LogP contribution in [0.3, 0.4) is 0 Å². The molecule has 0 bridgehead atoms. The number of halogens is 4. The molecular formula is C21H34F3IN4O2. The first-order valence-corrected chi connectivity index (χ1v) is 10.5. The third-order valence-electron chi connectivity index (χ3n) is 4.62. The highest BCUT2D eigenvalue weighted by atomic mass is 127. The summed E-state index contributed by atoms with van der Waals surface area (Å²) in [5.41, 5.74) is 1.69. The van der Waals surface area contributed by atoms with Gasteiger partial charge in [-0.25, -0.2) is 4.99 Å². The molecule has 2 rings (SSSR count). The molecule has 10 heteroatoms. The Morgan fingerprint density at radius 1 is 1.10 bits per heavy atom. The largest absolute Gasteiger partial charge is 0.411 e. The highest BCUT2D eigenvalue weighted by molar-refractivity contribution is 14.0. The summed E-state index contributed by atoms with van der Waals surface area (Å²) in [4.78, 5) is 7.01. The summed E-state index contributed by atoms with van der Waals surface area (Å²) in [6.45, 7) is 7.64. The second kappa shape index (κ2) is 15.7. The second-order valence-electron chi connectivity index (χ2n) is 7.21. The van der Waals surface area contributed by atoms with Crippen LogP contribution in [0.2, 0.25) is 0 Å². The fraction of sp³-hybridized carbons (Fsp3) is 0.667. The molecule has 1 aliphatic heterocycles. The van der Waals surface area contributed by atoms with E-state index in [-0.39, 0.29) is 30.6 Å². The van der Waals surface area contributed by atoms with Crippen LogP contribution in [-0.2, 0) is 22.6 Å². The third-order valence-corrected chi connectivity index (χ3v) is 4.62. The minimum atomic E-state index is -4.30. The fourth-order valence-electron chi connectivity index (χ4n) is 3.03. The van der Waals surface area contributed by atoms with E-state index < -0.39 is 12.8 Å². The van der Waals surface area contributed by atoms with Crippen molar-refractivity contribution in [1.82, 2.24) is 15.5 Å². The van der Waals surface area contributed by atoms with E-state index in [0.717, 1.165) is 70.3 Å². The van der Waals surface area contributed by atoms with Gasteiger partial charge in [0.05, 0.1) is 26.4 Å². The van der Waals surface area contributed by atoms with Crippen molar-refractivity contribution in [3.05, 3.63) is 35.4 Å². The average Bonchev–Trinajstić information content (AvgIpc) is 2.72. The number of ether oxygens (including phenoxy) is 2. The van der Waals surface area contributed by atoms with Crippen molar-refractivity contribution in [3.8, 4) is 0 Å². The van der Waals surface area contributed by atoms with Crippen LogP contribution >= 0.6 is 24.0 Å². The number of hydrogen-bond donors (Lipinski definition) is 2. The molecule has 1 aromatic rings. The highest BCUT2D eigenvalue weighted by Gasteiger charge is 2.27. The molecule has 6 nitrogen and oxygen atoms in total. The van der Waals surface area contributed by atoms with Crippen molar-refractivity contribution in [2.45, 2.75) is 39.1 Å². The van der Waals surface area contributed by atoms with Gasteiger partial charge >= 0.3 is 6.18 Å². The van der Waals surface area contributed by atoms with E-state index in [1.165, 1.54) is 0 Å². The van der Waals surface area contributed by atoms with Gasteiger partial charge < -0.3 is 20.1 Å². The van der Waals surface area contributed by atoms with E-state index in [0.29, 0.717) is 12.1 Å². The Bertz CT molecular complexity index is 624. The molecule has 1 saturated heterocycles. The summed E-state index contributed by atoms with van der Waals surface area (Å²) in [7, 11) is 0. The van der Waals surface area contributed by atoms with Crippen LogP contribution in [0, 0.1) is 0 Å². The molecule has 1 aromatic carbocycles. The molecule has 31 heavy (non-hydrogen) atoms. The maximum absolute atomic E-state index is 12.1. The van der Waals surface area contributed by atoms with Crippen molar-refractivity contribution in [3.63, 3.8) is 0 Å². The smallest absolute Gasteiger partial charge is 0.379 e. The molecule has 0 amide bonds. The van der Waals surface area contributed by atoms with Crippen LogP contribution in [0.5, 0.6) is 0 Å². The summed E-state index contributed by atoms with van der Waals surface area (Å²) in [5, 5.41) is 6.58. The fourth-order valence-corrected chi connectivity index (χ4v) is 3.03. The summed E-state index contributed by atoms with van der Waals surface area (Å²) >= 11 is 0. The van der Waals surface area contributed by atoms with E-state index >= 15 is 0 Å². The van der Waals surface area contributed by atoms with Gasteiger partial charge in [0.25, 0.3) is 0 Å². The molecule has 0 spiro atoms. The summed E-state index contributed by atoms with van der Waals surface area (Å²) in [5.74, 6) is 0.765. The van der Waals surface area contributed by atoms with E-state index in [2.05, 4.69) is 25.3 Å². The average molecular weight is 558 g/mol. The standard InChI is InChI=1S/C21H33F3N4O2.HI/c1-2-25-20(26-9-3-4-10-28-11-13-29-14-12-28)27-15-18-5-7-19(8-6-18)16-30-17-21(22,23)24;/h5-8H,2-4,9-17H2,1H3,(H2,25,26,27);1H. The maximum atomic E-state index is 12.1. The molecule has 178 valence electrons. The van der Waals surface area contributed by atoms with Gasteiger partial charge in [-0.2, -0.15) is 13.2 Å². The predicted octanol–water partition coefficient (Wildman–Crippen LogP) is 3.55. The monoisotopic (exact) mass is 558 g/mol. The molecular weight excluding hydrogens is 524 g/mol. The first kappa shape index (κ1) is 27.9. The Labute approximate surface area is 200 Å². The molecule has 0 saturated carbocycles. The molecule has 0 aromatic heterocycles. The first-order valence-electron chi connectivity index (χ1n) is 10.5. The lowest BCUT2D eigenvalue weighted by molar-refractivity contribution is -0.176. The minimum Gasteiger partial charge on any atom is -0.379 e. The van der Waals surface area contributed by atoms with Crippen LogP contribution in [-0.4, -0.2) is 69.6 Å². The van der Waals surface area contributed by atoms with Crippen molar-refractivity contribution in [2.24, 2.45) is 4.99 Å². The number of hydrogen-bond acceptors (Lipinski definition) is 4.